The van der Waals surface area contributed by atoms with Gasteiger partial charge in [-0.3, -0.25) is 0 Å². The van der Waals surface area contributed by atoms with Crippen LogP contribution in [0.15, 0.2) is 73.1 Å². The summed E-state index contributed by atoms with van der Waals surface area (Å²) < 4.78 is 0. The lowest BCUT2D eigenvalue weighted by Gasteiger charge is -2.42. The van der Waals surface area contributed by atoms with Crippen molar-refractivity contribution in [1.82, 2.24) is 4.90 Å². The maximum atomic E-state index is 4.23. The fourth-order valence-electron chi connectivity index (χ4n) is 4.47. The van der Waals surface area contributed by atoms with Gasteiger partial charge in [-0.05, 0) is 52.7 Å². The van der Waals surface area contributed by atoms with Crippen LogP contribution in [-0.2, 0) is 5.41 Å². The number of hydrogen-bond donors (Lipinski definition) is 0. The van der Waals surface area contributed by atoms with Gasteiger partial charge in [-0.1, -0.05) is 109 Å². The quantitative estimate of drug-likeness (QED) is 0.416. The fraction of sp³-hybridized carbons (Fsp3) is 0.400. The zero-order valence-corrected chi connectivity index (χ0v) is 20.2. The molecule has 5 rings (SSSR count). The molecule has 2 aliphatic carbocycles. The summed E-state index contributed by atoms with van der Waals surface area (Å²) in [4.78, 5) is 2.14. The minimum atomic E-state index is 0.0893. The van der Waals surface area contributed by atoms with E-state index in [0.29, 0.717) is 0 Å². The Morgan fingerprint density at radius 3 is 2.06 bits per heavy atom. The van der Waals surface area contributed by atoms with E-state index in [1.807, 2.05) is 13.8 Å². The molecule has 1 heteroatoms. The fourth-order valence-corrected chi connectivity index (χ4v) is 4.47. The number of rotatable bonds is 3. The van der Waals surface area contributed by atoms with Gasteiger partial charge in [-0.2, -0.15) is 0 Å². The van der Waals surface area contributed by atoms with E-state index in [2.05, 4.69) is 93.6 Å². The second-order valence-electron chi connectivity index (χ2n) is 9.18. The third-order valence-electron chi connectivity index (χ3n) is 6.83. The lowest BCUT2D eigenvalue weighted by molar-refractivity contribution is 0.315. The van der Waals surface area contributed by atoms with Gasteiger partial charge >= 0.3 is 0 Å². The maximum Gasteiger partial charge on any atom is 0.0111 e. The molecule has 1 heterocycles. The number of benzene rings is 2. The van der Waals surface area contributed by atoms with Gasteiger partial charge in [0, 0.05) is 23.9 Å². The normalized spacial score (nSPS) is 18.5. The van der Waals surface area contributed by atoms with Crippen LogP contribution >= 0.6 is 0 Å². The second kappa shape index (κ2) is 9.73. The molecule has 31 heavy (non-hydrogen) atoms. The van der Waals surface area contributed by atoms with Crippen LogP contribution in [0.3, 0.4) is 0 Å². The van der Waals surface area contributed by atoms with Gasteiger partial charge in [0.2, 0.25) is 0 Å². The molecule has 1 saturated carbocycles. The van der Waals surface area contributed by atoms with Crippen LogP contribution in [0, 0.1) is 5.92 Å². The summed E-state index contributed by atoms with van der Waals surface area (Å²) in [6, 6.07) is 17.5. The van der Waals surface area contributed by atoms with Crippen molar-refractivity contribution < 1.29 is 0 Å². The smallest absolute Gasteiger partial charge is 0.0111 e. The average molecular weight is 414 g/mol. The molecular formula is C30H39N. The van der Waals surface area contributed by atoms with E-state index in [-0.39, 0.29) is 5.41 Å². The van der Waals surface area contributed by atoms with Crippen molar-refractivity contribution in [2.75, 3.05) is 7.05 Å². The Labute approximate surface area is 190 Å². The average Bonchev–Trinajstić information content (AvgIpc) is 3.60. The van der Waals surface area contributed by atoms with Crippen LogP contribution in [0.25, 0.3) is 11.6 Å². The lowest BCUT2D eigenvalue weighted by atomic mass is 9.70. The van der Waals surface area contributed by atoms with E-state index in [0.717, 1.165) is 30.2 Å². The molecule has 1 aliphatic heterocycles. The van der Waals surface area contributed by atoms with Gasteiger partial charge in [0.15, 0.2) is 0 Å². The van der Waals surface area contributed by atoms with Crippen molar-refractivity contribution >= 4 is 11.6 Å². The molecular weight excluding hydrogens is 374 g/mol. The first-order valence-electron chi connectivity index (χ1n) is 11.9. The van der Waals surface area contributed by atoms with Crippen LogP contribution in [0.1, 0.15) is 82.1 Å². The van der Waals surface area contributed by atoms with Crippen LogP contribution in [0.2, 0.25) is 0 Å². The molecule has 2 aromatic carbocycles. The minimum Gasteiger partial charge on any atom is -0.353 e. The molecule has 0 N–H and O–H groups in total. The first-order valence-corrected chi connectivity index (χ1v) is 11.9. The first kappa shape index (κ1) is 23.1. The second-order valence-corrected chi connectivity index (χ2v) is 9.18. The molecule has 0 bridgehead atoms. The Morgan fingerprint density at radius 2 is 1.58 bits per heavy atom. The van der Waals surface area contributed by atoms with Gasteiger partial charge in [0.05, 0.1) is 0 Å². The van der Waals surface area contributed by atoms with Crippen molar-refractivity contribution in [1.29, 1.82) is 0 Å². The zero-order valence-electron chi connectivity index (χ0n) is 20.2. The Morgan fingerprint density at radius 1 is 0.968 bits per heavy atom. The van der Waals surface area contributed by atoms with Gasteiger partial charge in [-0.25, -0.2) is 0 Å². The predicted molar refractivity (Wildman–Crippen MR) is 137 cm³/mol. The number of fused-ring (bicyclic) bond motifs is 1. The summed E-state index contributed by atoms with van der Waals surface area (Å²) in [6.07, 6.45) is 8.70. The first-order chi connectivity index (χ1) is 14.9. The van der Waals surface area contributed by atoms with Crippen LogP contribution in [0.5, 0.6) is 0 Å². The summed E-state index contributed by atoms with van der Waals surface area (Å²) in [5, 5.41) is 0. The molecule has 0 spiro atoms. The Kier molecular flexibility index (Phi) is 7.26. The molecule has 0 aromatic heterocycles. The molecule has 1 saturated heterocycles. The molecule has 1 nitrogen and oxygen atoms in total. The summed E-state index contributed by atoms with van der Waals surface area (Å²) in [7, 11) is 2.07. The van der Waals surface area contributed by atoms with E-state index >= 15 is 0 Å². The zero-order chi connectivity index (χ0) is 22.6. The number of nitrogens with zero attached hydrogens (tertiary/aromatic N) is 1. The lowest BCUT2D eigenvalue weighted by Crippen LogP contribution is -2.35. The molecule has 0 atom stereocenters. The van der Waals surface area contributed by atoms with Gasteiger partial charge in [0.25, 0.3) is 0 Å². The highest BCUT2D eigenvalue weighted by atomic mass is 15.1. The number of piperidine rings is 1. The molecule has 3 aliphatic rings. The molecule has 0 radical (unpaired) electrons. The standard InChI is InChI=1S/C23H23N.C5H10.C2H6/c1-16-14-23(3,15-17(2)24(16)4)20-10-11-21-19(12-20)13-22(21)18-8-6-5-7-9-18;1-2-5-3-4-5;1-2/h5-13H,1-2,14-15H2,3-4H3;5H,2-4H2,1H3;1-2H3. The van der Waals surface area contributed by atoms with E-state index < -0.39 is 0 Å². The van der Waals surface area contributed by atoms with Crippen LogP contribution in [-0.4, -0.2) is 11.9 Å². The van der Waals surface area contributed by atoms with Crippen molar-refractivity contribution in [2.45, 2.75) is 65.2 Å². The molecule has 164 valence electrons. The Bertz CT molecular complexity index is 941. The number of likely N-dealkylation sites (tertiary alicyclic amines) is 1. The number of allylic oxidation sites excluding steroid dienone is 2. The summed E-state index contributed by atoms with van der Waals surface area (Å²) in [6.45, 7) is 17.0. The minimum absolute atomic E-state index is 0.0893. The van der Waals surface area contributed by atoms with Crippen molar-refractivity contribution in [3.63, 3.8) is 0 Å². The monoisotopic (exact) mass is 413 g/mol. The van der Waals surface area contributed by atoms with Crippen molar-refractivity contribution in [3.05, 3.63) is 95.3 Å². The highest BCUT2D eigenvalue weighted by Crippen LogP contribution is 2.45. The molecule has 0 amide bonds. The number of hydrogen-bond acceptors (Lipinski definition) is 1. The Hall–Kier alpha value is -2.54. The summed E-state index contributed by atoms with van der Waals surface area (Å²) in [5.41, 5.74) is 9.13. The van der Waals surface area contributed by atoms with Gasteiger partial charge in [0.1, 0.15) is 0 Å². The molecule has 2 aromatic rings. The Balaban J connectivity index is 0.000000337. The van der Waals surface area contributed by atoms with Crippen molar-refractivity contribution in [3.8, 4) is 0 Å². The van der Waals surface area contributed by atoms with E-state index in [9.17, 15) is 0 Å². The third-order valence-corrected chi connectivity index (χ3v) is 6.83. The largest absolute Gasteiger partial charge is 0.353 e. The van der Waals surface area contributed by atoms with Crippen molar-refractivity contribution in [2.24, 2.45) is 5.92 Å². The summed E-state index contributed by atoms with van der Waals surface area (Å²) >= 11 is 0. The summed E-state index contributed by atoms with van der Waals surface area (Å²) in [5.74, 6) is 1.13. The van der Waals surface area contributed by atoms with E-state index in [4.69, 9.17) is 0 Å². The maximum absolute atomic E-state index is 4.23. The highest BCUT2D eigenvalue weighted by Gasteiger charge is 2.35. The molecule has 2 fully saturated rings. The van der Waals surface area contributed by atoms with E-state index in [1.54, 1.807) is 0 Å². The SMILES string of the molecule is C=C1CC(C)(c2ccc3c(c2)C=C3c2ccccc2)CC(=C)N1C.CC.CCC1CC1. The highest BCUT2D eigenvalue weighted by molar-refractivity contribution is 6.03. The van der Waals surface area contributed by atoms with Crippen LogP contribution < -0.4 is 0 Å². The van der Waals surface area contributed by atoms with Gasteiger partial charge < -0.3 is 4.90 Å². The predicted octanol–water partition coefficient (Wildman–Crippen LogP) is 8.43. The topological polar surface area (TPSA) is 3.24 Å². The van der Waals surface area contributed by atoms with Gasteiger partial charge in [-0.15, -0.1) is 0 Å². The van der Waals surface area contributed by atoms with E-state index in [1.165, 1.54) is 47.1 Å². The van der Waals surface area contributed by atoms with Crippen LogP contribution in [0.4, 0.5) is 0 Å². The third kappa shape index (κ3) is 5.03. The molecule has 0 unspecified atom stereocenters.